The van der Waals surface area contributed by atoms with Gasteiger partial charge in [0.25, 0.3) is 5.56 Å². The summed E-state index contributed by atoms with van der Waals surface area (Å²) in [5, 5.41) is 0.637. The van der Waals surface area contributed by atoms with Crippen molar-refractivity contribution in [3.8, 4) is 0 Å². The molecule has 0 atom stereocenters. The lowest BCUT2D eigenvalue weighted by Crippen LogP contribution is -2.37. The first-order valence-electron chi connectivity index (χ1n) is 7.02. The fourth-order valence-electron chi connectivity index (χ4n) is 2.51. The predicted octanol–water partition coefficient (Wildman–Crippen LogP) is 2.39. The third kappa shape index (κ3) is 2.94. The molecule has 0 spiro atoms. The summed E-state index contributed by atoms with van der Waals surface area (Å²) in [5.74, 6) is -0.322. The predicted molar refractivity (Wildman–Crippen MR) is 98.7 cm³/mol. The van der Waals surface area contributed by atoms with Crippen molar-refractivity contribution in [1.82, 2.24) is 18.7 Å². The first-order chi connectivity index (χ1) is 11.7. The number of halogens is 3. The van der Waals surface area contributed by atoms with E-state index in [0.29, 0.717) is 5.02 Å². The van der Waals surface area contributed by atoms with Crippen molar-refractivity contribution in [1.29, 1.82) is 0 Å². The molecule has 0 fully saturated rings. The number of ketones is 1. The normalized spacial score (nSPS) is 11.2. The maximum atomic E-state index is 12.6. The van der Waals surface area contributed by atoms with Crippen LogP contribution in [-0.2, 0) is 20.6 Å². The number of rotatable bonds is 3. The summed E-state index contributed by atoms with van der Waals surface area (Å²) in [6.07, 6.45) is 0. The Morgan fingerprint density at radius 3 is 2.52 bits per heavy atom. The number of Topliss-reactive ketones (excluding diaryl/α,β-unsaturated/α-hetero) is 1. The van der Waals surface area contributed by atoms with E-state index in [2.05, 4.69) is 20.9 Å². The summed E-state index contributed by atoms with van der Waals surface area (Å²) in [4.78, 5) is 41.3. The molecule has 2 aromatic heterocycles. The average molecular weight is 446 g/mol. The second-order valence-electron chi connectivity index (χ2n) is 5.39. The number of imidazole rings is 1. The summed E-state index contributed by atoms with van der Waals surface area (Å²) in [7, 11) is 2.87. The van der Waals surface area contributed by atoms with Gasteiger partial charge in [0.15, 0.2) is 21.7 Å². The third-order valence-corrected chi connectivity index (χ3v) is 4.99. The zero-order valence-electron chi connectivity index (χ0n) is 13.1. The summed E-state index contributed by atoms with van der Waals surface area (Å²) < 4.78 is 3.88. The lowest BCUT2D eigenvalue weighted by molar-refractivity contribution is 0.0972. The number of carbonyl (C=O) groups excluding carboxylic acids is 1. The maximum Gasteiger partial charge on any atom is 0.332 e. The Balaban J connectivity index is 2.17. The highest BCUT2D eigenvalue weighted by molar-refractivity contribution is 9.10. The molecular weight excluding hydrogens is 435 g/mol. The van der Waals surface area contributed by atoms with Crippen molar-refractivity contribution in [2.24, 2.45) is 14.1 Å². The molecule has 7 nitrogen and oxygen atoms in total. The van der Waals surface area contributed by atoms with Gasteiger partial charge in [-0.1, -0.05) is 23.2 Å². The lowest BCUT2D eigenvalue weighted by atomic mass is 10.1. The number of benzene rings is 1. The standard InChI is InChI=1S/C15H11BrCl2N4O3/c1-20-12-11(13(24)21(2)15(20)25)22(14(16)19-12)6-10(23)8-4-3-7(17)5-9(8)18/h3-5H,6H2,1-2H3. The molecule has 0 saturated carbocycles. The van der Waals surface area contributed by atoms with Crippen LogP contribution in [0.1, 0.15) is 10.4 Å². The van der Waals surface area contributed by atoms with E-state index in [1.54, 1.807) is 6.07 Å². The minimum atomic E-state index is -0.536. The van der Waals surface area contributed by atoms with E-state index in [9.17, 15) is 14.4 Å². The third-order valence-electron chi connectivity index (χ3n) is 3.83. The first kappa shape index (κ1) is 17.9. The molecule has 0 unspecified atom stereocenters. The second kappa shape index (κ2) is 6.44. The molecule has 3 aromatic rings. The van der Waals surface area contributed by atoms with Crippen LogP contribution in [0.3, 0.4) is 0 Å². The molecule has 2 heterocycles. The minimum Gasteiger partial charge on any atom is -0.305 e. The highest BCUT2D eigenvalue weighted by Crippen LogP contribution is 2.23. The molecule has 0 bridgehead atoms. The topological polar surface area (TPSA) is 78.9 Å². The molecule has 0 N–H and O–H groups in total. The SMILES string of the molecule is Cn1c(=O)c2c(nc(Br)n2CC(=O)c2ccc(Cl)cc2Cl)n(C)c1=O. The van der Waals surface area contributed by atoms with E-state index in [4.69, 9.17) is 23.2 Å². The van der Waals surface area contributed by atoms with Gasteiger partial charge in [-0.15, -0.1) is 0 Å². The molecule has 130 valence electrons. The van der Waals surface area contributed by atoms with Gasteiger partial charge < -0.3 is 4.57 Å². The maximum absolute atomic E-state index is 12.6. The van der Waals surface area contributed by atoms with Gasteiger partial charge in [-0.3, -0.25) is 18.7 Å². The van der Waals surface area contributed by atoms with E-state index in [-0.39, 0.29) is 38.8 Å². The molecule has 0 aliphatic heterocycles. The van der Waals surface area contributed by atoms with Crippen molar-refractivity contribution in [2.45, 2.75) is 6.54 Å². The first-order valence-corrected chi connectivity index (χ1v) is 8.57. The van der Waals surface area contributed by atoms with Crippen LogP contribution in [0, 0.1) is 0 Å². The van der Waals surface area contributed by atoms with E-state index in [1.807, 2.05) is 0 Å². The van der Waals surface area contributed by atoms with Gasteiger partial charge in [-0.05, 0) is 34.1 Å². The number of aryl methyl sites for hydroxylation is 1. The van der Waals surface area contributed by atoms with E-state index >= 15 is 0 Å². The molecule has 3 rings (SSSR count). The lowest BCUT2D eigenvalue weighted by Gasteiger charge is -2.08. The summed E-state index contributed by atoms with van der Waals surface area (Å²) >= 11 is 15.2. The number of hydrogen-bond donors (Lipinski definition) is 0. The Labute approximate surface area is 159 Å². The van der Waals surface area contributed by atoms with Crippen LogP contribution in [0.25, 0.3) is 11.2 Å². The number of hydrogen-bond acceptors (Lipinski definition) is 4. The Morgan fingerprint density at radius 2 is 1.88 bits per heavy atom. The van der Waals surface area contributed by atoms with Crippen molar-refractivity contribution in [3.05, 3.63) is 59.4 Å². The summed E-state index contributed by atoms with van der Waals surface area (Å²) in [6.45, 7) is -0.175. The number of carbonyl (C=O) groups is 1. The molecule has 25 heavy (non-hydrogen) atoms. The molecule has 0 saturated heterocycles. The van der Waals surface area contributed by atoms with Crippen LogP contribution < -0.4 is 11.2 Å². The average Bonchev–Trinajstić information content (AvgIpc) is 2.87. The van der Waals surface area contributed by atoms with Gasteiger partial charge in [-0.25, -0.2) is 9.78 Å². The molecular formula is C15H11BrCl2N4O3. The van der Waals surface area contributed by atoms with Crippen LogP contribution in [0.5, 0.6) is 0 Å². The van der Waals surface area contributed by atoms with Crippen LogP contribution >= 0.6 is 39.1 Å². The Bertz CT molecular complexity index is 1150. The zero-order chi connectivity index (χ0) is 18.5. The molecule has 0 aliphatic carbocycles. The fourth-order valence-corrected chi connectivity index (χ4v) is 3.49. The van der Waals surface area contributed by atoms with Gasteiger partial charge >= 0.3 is 5.69 Å². The number of aromatic nitrogens is 4. The van der Waals surface area contributed by atoms with Crippen molar-refractivity contribution in [3.63, 3.8) is 0 Å². The highest BCUT2D eigenvalue weighted by atomic mass is 79.9. The summed E-state index contributed by atoms with van der Waals surface area (Å²) in [5.41, 5.74) is -0.417. The monoisotopic (exact) mass is 444 g/mol. The number of fused-ring (bicyclic) bond motifs is 1. The fraction of sp³-hybridized carbons (Fsp3) is 0.200. The molecule has 0 aliphatic rings. The van der Waals surface area contributed by atoms with Gasteiger partial charge in [0, 0.05) is 24.7 Å². The molecule has 10 heteroatoms. The van der Waals surface area contributed by atoms with Gasteiger partial charge in [0.05, 0.1) is 11.6 Å². The van der Waals surface area contributed by atoms with Crippen LogP contribution in [0.2, 0.25) is 10.0 Å². The van der Waals surface area contributed by atoms with Crippen molar-refractivity contribution < 1.29 is 4.79 Å². The van der Waals surface area contributed by atoms with Crippen LogP contribution in [0.4, 0.5) is 0 Å². The van der Waals surface area contributed by atoms with E-state index in [0.717, 1.165) is 4.57 Å². The van der Waals surface area contributed by atoms with Crippen LogP contribution in [-0.4, -0.2) is 24.5 Å². The quantitative estimate of drug-likeness (QED) is 0.458. The van der Waals surface area contributed by atoms with E-state index < -0.39 is 11.2 Å². The minimum absolute atomic E-state index is 0.148. The molecule has 1 aromatic carbocycles. The zero-order valence-corrected chi connectivity index (χ0v) is 16.2. The van der Waals surface area contributed by atoms with Crippen molar-refractivity contribution >= 4 is 56.1 Å². The Hall–Kier alpha value is -1.90. The van der Waals surface area contributed by atoms with E-state index in [1.165, 1.54) is 35.4 Å². The van der Waals surface area contributed by atoms with Crippen molar-refractivity contribution in [2.75, 3.05) is 0 Å². The largest absolute Gasteiger partial charge is 0.332 e. The van der Waals surface area contributed by atoms with Crippen LogP contribution in [0.15, 0.2) is 32.5 Å². The number of nitrogens with zero attached hydrogens (tertiary/aromatic N) is 4. The van der Waals surface area contributed by atoms with Gasteiger partial charge in [0.1, 0.15) is 0 Å². The smallest absolute Gasteiger partial charge is 0.305 e. The summed E-state index contributed by atoms with van der Waals surface area (Å²) in [6, 6.07) is 4.55. The molecule has 0 amide bonds. The van der Waals surface area contributed by atoms with Gasteiger partial charge in [-0.2, -0.15) is 0 Å². The Kier molecular flexibility index (Phi) is 4.61. The Morgan fingerprint density at radius 1 is 1.20 bits per heavy atom. The second-order valence-corrected chi connectivity index (χ2v) is 6.95. The van der Waals surface area contributed by atoms with Gasteiger partial charge in [0.2, 0.25) is 0 Å². The molecule has 0 radical (unpaired) electrons. The highest BCUT2D eigenvalue weighted by Gasteiger charge is 2.21.